The summed E-state index contributed by atoms with van der Waals surface area (Å²) in [6.07, 6.45) is -1.42. The molecular formula is C10H12ClNO5S. The molecule has 0 saturated carbocycles. The Balaban J connectivity index is 2.98. The highest BCUT2D eigenvalue weighted by atomic mass is 35.5. The highest BCUT2D eigenvalue weighted by molar-refractivity contribution is 7.93. The molecular weight excluding hydrogens is 282 g/mol. The molecule has 8 heteroatoms. The molecule has 100 valence electrons. The second-order valence-corrected chi connectivity index (χ2v) is 6.74. The number of non-ortho nitro benzene ring substituents is 1. The van der Waals surface area contributed by atoms with Crippen molar-refractivity contribution in [3.05, 3.63) is 39.9 Å². The zero-order valence-electron chi connectivity index (χ0n) is 9.48. The normalized spacial score (nSPS) is 15.1. The van der Waals surface area contributed by atoms with E-state index in [1.54, 1.807) is 0 Å². The highest BCUT2D eigenvalue weighted by Gasteiger charge is 2.30. The zero-order valence-corrected chi connectivity index (χ0v) is 11.1. The number of hydrogen-bond donors (Lipinski definition) is 1. The number of rotatable bonds is 5. The number of hydrogen-bond acceptors (Lipinski definition) is 5. The smallest absolute Gasteiger partial charge is 0.269 e. The summed E-state index contributed by atoms with van der Waals surface area (Å²) in [6, 6.07) is 4.92. The van der Waals surface area contributed by atoms with E-state index in [1.807, 2.05) is 0 Å². The van der Waals surface area contributed by atoms with Crippen molar-refractivity contribution in [2.45, 2.75) is 17.7 Å². The summed E-state index contributed by atoms with van der Waals surface area (Å²) in [7, 11) is -3.59. The SMILES string of the molecule is CCS(=O)(=O)C(Cl)C(O)c1ccc([N+](=O)[O-])cc1. The Bertz CT molecular complexity index is 528. The van der Waals surface area contributed by atoms with Gasteiger partial charge in [0.05, 0.1) is 4.92 Å². The van der Waals surface area contributed by atoms with Crippen molar-refractivity contribution >= 4 is 27.1 Å². The quantitative estimate of drug-likeness (QED) is 0.505. The summed E-state index contributed by atoms with van der Waals surface area (Å²) in [5, 5.41) is 20.2. The van der Waals surface area contributed by atoms with Gasteiger partial charge in [-0.05, 0) is 17.7 Å². The minimum absolute atomic E-state index is 0.143. The second-order valence-electron chi connectivity index (χ2n) is 3.60. The summed E-state index contributed by atoms with van der Waals surface area (Å²) in [6.45, 7) is 1.42. The summed E-state index contributed by atoms with van der Waals surface area (Å²) < 4.78 is 21.5. The number of sulfone groups is 1. The molecule has 0 aromatic heterocycles. The van der Waals surface area contributed by atoms with Crippen LogP contribution in [-0.2, 0) is 9.84 Å². The molecule has 0 spiro atoms. The van der Waals surface area contributed by atoms with Crippen LogP contribution in [-0.4, -0.2) is 28.9 Å². The van der Waals surface area contributed by atoms with Crippen LogP contribution in [0.2, 0.25) is 0 Å². The molecule has 2 unspecified atom stereocenters. The molecule has 0 amide bonds. The van der Waals surface area contributed by atoms with Gasteiger partial charge in [-0.2, -0.15) is 0 Å². The standard InChI is InChI=1S/C10H12ClNO5S/c1-2-18(16,17)10(11)9(13)7-3-5-8(6-4-7)12(14)15/h3-6,9-10,13H,2H2,1H3. The zero-order chi connectivity index (χ0) is 13.9. The number of benzene rings is 1. The van der Waals surface area contributed by atoms with Crippen molar-refractivity contribution in [3.63, 3.8) is 0 Å². The first kappa shape index (κ1) is 14.9. The van der Waals surface area contributed by atoms with Crippen molar-refractivity contribution in [1.29, 1.82) is 0 Å². The fourth-order valence-corrected chi connectivity index (χ4v) is 2.69. The summed E-state index contributed by atoms with van der Waals surface area (Å²) in [5.74, 6) is -0.189. The Morgan fingerprint density at radius 3 is 2.28 bits per heavy atom. The third-order valence-corrected chi connectivity index (χ3v) is 5.24. The van der Waals surface area contributed by atoms with E-state index >= 15 is 0 Å². The lowest BCUT2D eigenvalue weighted by Crippen LogP contribution is -2.24. The van der Waals surface area contributed by atoms with Crippen LogP contribution in [0.5, 0.6) is 0 Å². The van der Waals surface area contributed by atoms with E-state index in [2.05, 4.69) is 0 Å². The maximum Gasteiger partial charge on any atom is 0.269 e. The lowest BCUT2D eigenvalue weighted by Gasteiger charge is -2.16. The minimum atomic E-state index is -3.59. The fourth-order valence-electron chi connectivity index (χ4n) is 1.30. The molecule has 0 heterocycles. The summed E-state index contributed by atoms with van der Waals surface area (Å²) in [4.78, 5) is 9.86. The van der Waals surface area contributed by atoms with Gasteiger partial charge in [0.1, 0.15) is 6.10 Å². The van der Waals surface area contributed by atoms with E-state index in [-0.39, 0.29) is 17.0 Å². The van der Waals surface area contributed by atoms with Gasteiger partial charge in [-0.15, -0.1) is 11.6 Å². The number of nitro benzene ring substituents is 1. The molecule has 1 aromatic carbocycles. The van der Waals surface area contributed by atoms with Crippen LogP contribution in [0.25, 0.3) is 0 Å². The van der Waals surface area contributed by atoms with Gasteiger partial charge in [0.25, 0.3) is 5.69 Å². The third-order valence-electron chi connectivity index (χ3n) is 2.44. The summed E-state index contributed by atoms with van der Waals surface area (Å²) in [5.41, 5.74) is 0.0769. The predicted molar refractivity (Wildman–Crippen MR) is 67.2 cm³/mol. The van der Waals surface area contributed by atoms with Gasteiger partial charge >= 0.3 is 0 Å². The third kappa shape index (κ3) is 3.18. The van der Waals surface area contributed by atoms with Gasteiger partial charge in [0.2, 0.25) is 0 Å². The number of aliphatic hydroxyl groups excluding tert-OH is 1. The van der Waals surface area contributed by atoms with E-state index in [4.69, 9.17) is 11.6 Å². The summed E-state index contributed by atoms with van der Waals surface area (Å²) >= 11 is 5.69. The molecule has 1 rings (SSSR count). The molecule has 0 aliphatic carbocycles. The monoisotopic (exact) mass is 293 g/mol. The average molecular weight is 294 g/mol. The van der Waals surface area contributed by atoms with Gasteiger partial charge in [0.15, 0.2) is 14.5 Å². The van der Waals surface area contributed by atoms with Crippen LogP contribution in [0, 0.1) is 10.1 Å². The van der Waals surface area contributed by atoms with Crippen molar-refractivity contribution in [1.82, 2.24) is 0 Å². The minimum Gasteiger partial charge on any atom is -0.386 e. The maximum atomic E-state index is 11.5. The van der Waals surface area contributed by atoms with Crippen molar-refractivity contribution in [3.8, 4) is 0 Å². The number of nitro groups is 1. The van der Waals surface area contributed by atoms with Crippen LogP contribution in [0.4, 0.5) is 5.69 Å². The molecule has 2 atom stereocenters. The van der Waals surface area contributed by atoms with Crippen molar-refractivity contribution in [2.75, 3.05) is 5.75 Å². The van der Waals surface area contributed by atoms with Gasteiger partial charge in [-0.3, -0.25) is 10.1 Å². The van der Waals surface area contributed by atoms with E-state index in [0.717, 1.165) is 0 Å². The van der Waals surface area contributed by atoms with Crippen LogP contribution >= 0.6 is 11.6 Å². The molecule has 1 aromatic rings. The molecule has 1 N–H and O–H groups in total. The average Bonchev–Trinajstić information content (AvgIpc) is 2.37. The molecule has 0 saturated heterocycles. The Morgan fingerprint density at radius 2 is 1.89 bits per heavy atom. The van der Waals surface area contributed by atoms with E-state index in [0.29, 0.717) is 0 Å². The first-order chi connectivity index (χ1) is 8.29. The Labute approximate surface area is 109 Å². The predicted octanol–water partition coefficient (Wildman–Crippen LogP) is 1.63. The lowest BCUT2D eigenvalue weighted by molar-refractivity contribution is -0.384. The number of halogens is 1. The van der Waals surface area contributed by atoms with E-state index in [1.165, 1.54) is 31.2 Å². The van der Waals surface area contributed by atoms with Crippen LogP contribution in [0.1, 0.15) is 18.6 Å². The maximum absolute atomic E-state index is 11.5. The fraction of sp³-hybridized carbons (Fsp3) is 0.400. The molecule has 0 radical (unpaired) electrons. The van der Waals surface area contributed by atoms with Gasteiger partial charge in [-0.1, -0.05) is 6.92 Å². The van der Waals surface area contributed by atoms with Gasteiger partial charge in [-0.25, -0.2) is 8.42 Å². The Hall–Kier alpha value is -1.18. The largest absolute Gasteiger partial charge is 0.386 e. The van der Waals surface area contributed by atoms with Crippen molar-refractivity contribution in [2.24, 2.45) is 0 Å². The molecule has 6 nitrogen and oxygen atoms in total. The van der Waals surface area contributed by atoms with Gasteiger partial charge < -0.3 is 5.11 Å². The lowest BCUT2D eigenvalue weighted by atomic mass is 10.1. The Kier molecular flexibility index (Phi) is 4.66. The molecule has 0 aliphatic rings. The molecule has 18 heavy (non-hydrogen) atoms. The second kappa shape index (κ2) is 5.64. The van der Waals surface area contributed by atoms with E-state index in [9.17, 15) is 23.6 Å². The number of alkyl halides is 1. The first-order valence-electron chi connectivity index (χ1n) is 5.07. The van der Waals surface area contributed by atoms with Crippen molar-refractivity contribution < 1.29 is 18.4 Å². The number of nitrogens with zero attached hydrogens (tertiary/aromatic N) is 1. The molecule has 0 aliphatic heterocycles. The Morgan fingerprint density at radius 1 is 1.39 bits per heavy atom. The van der Waals surface area contributed by atoms with Gasteiger partial charge in [0, 0.05) is 17.9 Å². The topological polar surface area (TPSA) is 97.5 Å². The van der Waals surface area contributed by atoms with E-state index < -0.39 is 25.6 Å². The highest BCUT2D eigenvalue weighted by Crippen LogP contribution is 2.27. The van der Waals surface area contributed by atoms with Crippen LogP contribution < -0.4 is 0 Å². The van der Waals surface area contributed by atoms with Crippen LogP contribution in [0.15, 0.2) is 24.3 Å². The number of aliphatic hydroxyl groups is 1. The molecule has 0 bridgehead atoms. The first-order valence-corrected chi connectivity index (χ1v) is 7.23. The molecule has 0 fully saturated rings. The van der Waals surface area contributed by atoms with Crippen LogP contribution in [0.3, 0.4) is 0 Å².